The third kappa shape index (κ3) is 10.9. The van der Waals surface area contributed by atoms with Crippen LogP contribution in [0.2, 0.25) is 0 Å². The molecule has 0 aromatic rings. The molecule has 0 bridgehead atoms. The topological polar surface area (TPSA) is 143 Å². The van der Waals surface area contributed by atoms with Crippen LogP contribution >= 0.6 is 12.8 Å². The number of allylic oxidation sites excluding steroid dienone is 1. The first kappa shape index (κ1) is 30.8. The van der Waals surface area contributed by atoms with Crippen LogP contribution in [0.15, 0.2) is 12.2 Å². The number of hydrogen-bond donors (Lipinski definition) is 8. The summed E-state index contributed by atoms with van der Waals surface area (Å²) in [5, 5.41) is 60.4. The zero-order chi connectivity index (χ0) is 24.6. The van der Waals surface area contributed by atoms with Crippen LogP contribution in [0.5, 0.6) is 0 Å². The summed E-state index contributed by atoms with van der Waals surface area (Å²) in [6, 6.07) is -0.997. The molecule has 1 aliphatic heterocycles. The molecular formula is C24H47NO7S. The van der Waals surface area contributed by atoms with Gasteiger partial charge >= 0.3 is 0 Å². The first-order valence-corrected chi connectivity index (χ1v) is 13.1. The molecule has 1 unspecified atom stereocenters. The van der Waals surface area contributed by atoms with E-state index >= 15 is 0 Å². The SMILES string of the molecule is CCCCCCCCCCCCC/C=C/[C@@H](O)[C@@H](NS)C(O)[C@@H]1O[C@H](CO)[C@@H](O)[C@H](O)[C@H]1O. The van der Waals surface area contributed by atoms with Crippen LogP contribution in [-0.4, -0.2) is 86.0 Å². The molecule has 0 aliphatic carbocycles. The largest absolute Gasteiger partial charge is 0.394 e. The Bertz CT molecular complexity index is 511. The summed E-state index contributed by atoms with van der Waals surface area (Å²) in [4.78, 5) is 0. The van der Waals surface area contributed by atoms with Crippen molar-refractivity contribution < 1.29 is 35.4 Å². The molecule has 7 N–H and O–H groups in total. The van der Waals surface area contributed by atoms with E-state index in [-0.39, 0.29) is 0 Å². The third-order valence-corrected chi connectivity index (χ3v) is 6.76. The van der Waals surface area contributed by atoms with Crippen LogP contribution in [0.25, 0.3) is 0 Å². The van der Waals surface area contributed by atoms with E-state index in [2.05, 4.69) is 24.5 Å². The van der Waals surface area contributed by atoms with Crippen LogP contribution in [0.3, 0.4) is 0 Å². The smallest absolute Gasteiger partial charge is 0.114 e. The second kappa shape index (κ2) is 18.1. The Balaban J connectivity index is 2.31. The summed E-state index contributed by atoms with van der Waals surface area (Å²) in [5.74, 6) is 0. The molecule has 0 spiro atoms. The molecule has 33 heavy (non-hydrogen) atoms. The van der Waals surface area contributed by atoms with Crippen molar-refractivity contribution in [1.29, 1.82) is 0 Å². The first-order chi connectivity index (χ1) is 15.9. The van der Waals surface area contributed by atoms with Crippen molar-refractivity contribution in [2.75, 3.05) is 6.61 Å². The number of thiol groups is 1. The van der Waals surface area contributed by atoms with Crippen molar-refractivity contribution in [3.05, 3.63) is 12.2 Å². The molecule has 0 saturated carbocycles. The fraction of sp³-hybridized carbons (Fsp3) is 0.917. The summed E-state index contributed by atoms with van der Waals surface area (Å²) in [6.07, 6.45) is 8.48. The minimum absolute atomic E-state index is 0.589. The minimum Gasteiger partial charge on any atom is -0.394 e. The van der Waals surface area contributed by atoms with Crippen molar-refractivity contribution in [2.24, 2.45) is 0 Å². The van der Waals surface area contributed by atoms with Gasteiger partial charge in [-0.3, -0.25) is 4.72 Å². The first-order valence-electron chi connectivity index (χ1n) is 12.6. The highest BCUT2D eigenvalue weighted by Gasteiger charge is 2.48. The van der Waals surface area contributed by atoms with E-state index in [0.29, 0.717) is 0 Å². The van der Waals surface area contributed by atoms with Gasteiger partial charge in [0.1, 0.15) is 36.6 Å². The number of aliphatic hydroxyl groups is 6. The normalized spacial score (nSPS) is 28.8. The van der Waals surface area contributed by atoms with Crippen molar-refractivity contribution in [3.63, 3.8) is 0 Å². The van der Waals surface area contributed by atoms with Gasteiger partial charge < -0.3 is 35.4 Å². The summed E-state index contributed by atoms with van der Waals surface area (Å²) in [6.45, 7) is 1.65. The number of aliphatic hydroxyl groups excluding tert-OH is 6. The van der Waals surface area contributed by atoms with Gasteiger partial charge in [-0.15, -0.1) is 0 Å². The molecular weight excluding hydrogens is 446 g/mol. The second-order valence-electron chi connectivity index (χ2n) is 9.18. The molecule has 1 saturated heterocycles. The molecule has 8 atom stereocenters. The highest BCUT2D eigenvalue weighted by molar-refractivity contribution is 7.78. The van der Waals surface area contributed by atoms with Gasteiger partial charge in [0, 0.05) is 0 Å². The Morgan fingerprint density at radius 3 is 1.91 bits per heavy atom. The Morgan fingerprint density at radius 1 is 0.848 bits per heavy atom. The summed E-state index contributed by atoms with van der Waals surface area (Å²) >= 11 is 3.97. The maximum Gasteiger partial charge on any atom is 0.114 e. The van der Waals surface area contributed by atoms with Crippen LogP contribution in [0.4, 0.5) is 0 Å². The zero-order valence-electron chi connectivity index (χ0n) is 20.0. The standard InChI is InChI=1S/C24H47NO7S/c1-2-3-4-5-6-7-8-9-10-11-12-13-14-15-17(27)19(25-33)21(29)24-23(31)22(30)20(28)18(16-26)32-24/h14-15,17-31,33H,2-13,16H2,1H3/b15-14+/t17-,18-,19-,20-,21?,22+,23-,24+/m1/s1. The van der Waals surface area contributed by atoms with Gasteiger partial charge in [-0.05, 0) is 12.8 Å². The molecule has 8 nitrogen and oxygen atoms in total. The Morgan fingerprint density at radius 2 is 1.39 bits per heavy atom. The highest BCUT2D eigenvalue weighted by atomic mass is 32.1. The van der Waals surface area contributed by atoms with Gasteiger partial charge in [0.25, 0.3) is 0 Å². The van der Waals surface area contributed by atoms with E-state index in [0.717, 1.165) is 19.3 Å². The molecule has 0 aromatic heterocycles. The molecule has 0 radical (unpaired) electrons. The predicted molar refractivity (Wildman–Crippen MR) is 132 cm³/mol. The average molecular weight is 494 g/mol. The minimum atomic E-state index is -1.59. The maximum atomic E-state index is 10.6. The molecule has 1 rings (SSSR count). The molecule has 1 heterocycles. The highest BCUT2D eigenvalue weighted by Crippen LogP contribution is 2.25. The summed E-state index contributed by atoms with van der Waals surface area (Å²) in [7, 11) is 0. The van der Waals surface area contributed by atoms with E-state index in [1.165, 1.54) is 57.8 Å². The summed E-state index contributed by atoms with van der Waals surface area (Å²) in [5.41, 5.74) is 0. The van der Waals surface area contributed by atoms with Crippen molar-refractivity contribution in [1.82, 2.24) is 4.72 Å². The van der Waals surface area contributed by atoms with Crippen molar-refractivity contribution in [2.45, 2.75) is 133 Å². The van der Waals surface area contributed by atoms with Gasteiger partial charge in [0.2, 0.25) is 0 Å². The molecule has 0 aromatic carbocycles. The average Bonchev–Trinajstić information content (AvgIpc) is 2.81. The molecule has 196 valence electrons. The fourth-order valence-corrected chi connectivity index (χ4v) is 4.56. The van der Waals surface area contributed by atoms with E-state index in [4.69, 9.17) is 4.74 Å². The Labute approximate surface area is 204 Å². The lowest BCUT2D eigenvalue weighted by molar-refractivity contribution is -0.252. The van der Waals surface area contributed by atoms with Gasteiger partial charge in [0.15, 0.2) is 0 Å². The van der Waals surface area contributed by atoms with Crippen LogP contribution in [0.1, 0.15) is 84.0 Å². The number of unbranched alkanes of at least 4 members (excludes halogenated alkanes) is 11. The number of rotatable bonds is 18. The van der Waals surface area contributed by atoms with Gasteiger partial charge in [-0.25, -0.2) is 0 Å². The molecule has 1 aliphatic rings. The van der Waals surface area contributed by atoms with E-state index in [1.54, 1.807) is 6.08 Å². The van der Waals surface area contributed by atoms with E-state index in [1.807, 2.05) is 6.08 Å². The van der Waals surface area contributed by atoms with Gasteiger partial charge in [0.05, 0.1) is 18.8 Å². The van der Waals surface area contributed by atoms with E-state index < -0.39 is 55.4 Å². The quantitative estimate of drug-likeness (QED) is 0.0818. The molecule has 9 heteroatoms. The lowest BCUT2D eigenvalue weighted by Gasteiger charge is -2.43. The van der Waals surface area contributed by atoms with Gasteiger partial charge in [-0.1, -0.05) is 96.1 Å². The third-order valence-electron chi connectivity index (χ3n) is 6.46. The van der Waals surface area contributed by atoms with Crippen LogP contribution < -0.4 is 4.72 Å². The lowest BCUT2D eigenvalue weighted by atomic mass is 9.88. The second-order valence-corrected chi connectivity index (χ2v) is 9.44. The zero-order valence-corrected chi connectivity index (χ0v) is 20.9. The molecule has 1 fully saturated rings. The van der Waals surface area contributed by atoms with E-state index in [9.17, 15) is 30.6 Å². The maximum absolute atomic E-state index is 10.6. The Hall–Kier alpha value is -0.230. The summed E-state index contributed by atoms with van der Waals surface area (Å²) < 4.78 is 7.90. The van der Waals surface area contributed by atoms with Gasteiger partial charge in [-0.2, -0.15) is 0 Å². The fourth-order valence-electron chi connectivity index (χ4n) is 4.25. The monoisotopic (exact) mass is 493 g/mol. The van der Waals surface area contributed by atoms with Crippen molar-refractivity contribution in [3.8, 4) is 0 Å². The van der Waals surface area contributed by atoms with Crippen LogP contribution in [0, 0.1) is 0 Å². The number of ether oxygens (including phenoxy) is 1. The van der Waals surface area contributed by atoms with Crippen LogP contribution in [-0.2, 0) is 4.74 Å². The van der Waals surface area contributed by atoms with Crippen molar-refractivity contribution >= 4 is 12.8 Å². The number of nitrogens with one attached hydrogen (secondary N) is 1. The lowest BCUT2D eigenvalue weighted by Crippen LogP contribution is -2.64. The Kier molecular flexibility index (Phi) is 16.9. The molecule has 0 amide bonds. The number of hydrogen-bond acceptors (Lipinski definition) is 9. The predicted octanol–water partition coefficient (Wildman–Crippen LogP) is 1.61.